The molecule has 1 rings (SSSR count). The summed E-state index contributed by atoms with van der Waals surface area (Å²) in [4.78, 5) is 10.3. The zero-order chi connectivity index (χ0) is 9.30. The number of nitrogens with two attached hydrogens (primary N) is 2. The number of rotatable bonds is 1. The Bertz CT molecular complexity index is 338. The maximum atomic E-state index is 12.8. The molecule has 0 unspecified atom stereocenters. The van der Waals surface area contributed by atoms with Gasteiger partial charge in [-0.2, -0.15) is 0 Å². The highest BCUT2D eigenvalue weighted by atomic mass is 19.1. The number of carboxylic acids is 1. The third kappa shape index (κ3) is 1.29. The first-order valence-electron chi connectivity index (χ1n) is 3.10. The van der Waals surface area contributed by atoms with Crippen molar-refractivity contribution in [1.82, 2.24) is 0 Å². The summed E-state index contributed by atoms with van der Waals surface area (Å²) in [5.41, 5.74) is 10.1. The van der Waals surface area contributed by atoms with Crippen LogP contribution in [0.4, 0.5) is 15.8 Å². The summed E-state index contributed by atoms with van der Waals surface area (Å²) < 4.78 is 12.8. The Hall–Kier alpha value is -1.78. The summed E-state index contributed by atoms with van der Waals surface area (Å²) in [6.45, 7) is 0. The predicted molar refractivity (Wildman–Crippen MR) is 42.2 cm³/mol. The van der Waals surface area contributed by atoms with E-state index in [4.69, 9.17) is 16.6 Å². The van der Waals surface area contributed by atoms with E-state index < -0.39 is 17.3 Å². The maximum absolute atomic E-state index is 12.8. The van der Waals surface area contributed by atoms with Crippen molar-refractivity contribution in [3.05, 3.63) is 23.5 Å². The number of anilines is 2. The fourth-order valence-electron chi connectivity index (χ4n) is 0.769. The predicted octanol–water partition coefficient (Wildman–Crippen LogP) is 0.688. The summed E-state index contributed by atoms with van der Waals surface area (Å²) in [6, 6.07) is 1.88. The largest absolute Gasteiger partial charge is 0.478 e. The van der Waals surface area contributed by atoms with Crippen LogP contribution in [0.2, 0.25) is 0 Å². The van der Waals surface area contributed by atoms with E-state index in [1.165, 1.54) is 0 Å². The van der Waals surface area contributed by atoms with Crippen LogP contribution in [0.15, 0.2) is 12.1 Å². The van der Waals surface area contributed by atoms with E-state index in [2.05, 4.69) is 0 Å². The van der Waals surface area contributed by atoms with Crippen LogP contribution in [0.25, 0.3) is 0 Å². The van der Waals surface area contributed by atoms with Crippen LogP contribution in [-0.2, 0) is 0 Å². The Morgan fingerprint density at radius 1 is 1.33 bits per heavy atom. The van der Waals surface area contributed by atoms with Crippen LogP contribution in [0, 0.1) is 5.82 Å². The molecule has 4 nitrogen and oxygen atoms in total. The van der Waals surface area contributed by atoms with Gasteiger partial charge in [0.1, 0.15) is 5.82 Å². The number of benzene rings is 1. The number of hydrogen-bond acceptors (Lipinski definition) is 3. The molecule has 0 atom stereocenters. The molecule has 0 heterocycles. The number of aromatic carboxylic acids is 1. The van der Waals surface area contributed by atoms with Gasteiger partial charge in [-0.1, -0.05) is 0 Å². The number of halogens is 1. The Morgan fingerprint density at radius 3 is 2.33 bits per heavy atom. The highest BCUT2D eigenvalue weighted by Gasteiger charge is 2.11. The summed E-state index contributed by atoms with van der Waals surface area (Å²) >= 11 is 0. The second kappa shape index (κ2) is 2.69. The van der Waals surface area contributed by atoms with E-state index in [0.29, 0.717) is 0 Å². The van der Waals surface area contributed by atoms with E-state index >= 15 is 0 Å². The van der Waals surface area contributed by atoms with Gasteiger partial charge in [-0.25, -0.2) is 9.18 Å². The third-order valence-corrected chi connectivity index (χ3v) is 1.40. The van der Waals surface area contributed by atoms with Crippen LogP contribution in [0.5, 0.6) is 0 Å². The molecule has 0 aliphatic heterocycles. The van der Waals surface area contributed by atoms with Gasteiger partial charge in [-0.15, -0.1) is 0 Å². The number of carboxylic acid groups (broad SMARTS) is 1. The quantitative estimate of drug-likeness (QED) is 0.541. The van der Waals surface area contributed by atoms with Crippen molar-refractivity contribution >= 4 is 17.3 Å². The topological polar surface area (TPSA) is 89.3 Å². The molecule has 0 radical (unpaired) electrons. The van der Waals surface area contributed by atoms with Crippen LogP contribution in [0.3, 0.4) is 0 Å². The average Bonchev–Trinajstić information content (AvgIpc) is 1.96. The SMILES string of the molecule is Nc1cc(F)c(C(=O)O)cc1N. The summed E-state index contributed by atoms with van der Waals surface area (Å²) in [6.07, 6.45) is 0. The molecule has 0 amide bonds. The van der Waals surface area contributed by atoms with E-state index in [-0.39, 0.29) is 11.4 Å². The Labute approximate surface area is 67.6 Å². The van der Waals surface area contributed by atoms with Crippen LogP contribution < -0.4 is 11.5 Å². The van der Waals surface area contributed by atoms with Gasteiger partial charge in [0.2, 0.25) is 0 Å². The van der Waals surface area contributed by atoms with Crippen molar-refractivity contribution in [2.24, 2.45) is 0 Å². The van der Waals surface area contributed by atoms with Crippen LogP contribution in [-0.4, -0.2) is 11.1 Å². The van der Waals surface area contributed by atoms with Crippen LogP contribution >= 0.6 is 0 Å². The van der Waals surface area contributed by atoms with Gasteiger partial charge in [0, 0.05) is 0 Å². The maximum Gasteiger partial charge on any atom is 0.338 e. The molecular formula is C7H7FN2O2. The molecule has 5 N–H and O–H groups in total. The molecule has 12 heavy (non-hydrogen) atoms. The van der Waals surface area contributed by atoms with Crippen LogP contribution in [0.1, 0.15) is 10.4 Å². The molecule has 0 bridgehead atoms. The number of nitrogen functional groups attached to an aromatic ring is 2. The van der Waals surface area contributed by atoms with Gasteiger partial charge in [0.05, 0.1) is 16.9 Å². The molecule has 1 aromatic rings. The van der Waals surface area contributed by atoms with Crippen molar-refractivity contribution in [1.29, 1.82) is 0 Å². The molecule has 0 aliphatic carbocycles. The minimum absolute atomic E-state index is 0.0394. The molecule has 0 fully saturated rings. The average molecular weight is 170 g/mol. The first-order chi connectivity index (χ1) is 5.52. The lowest BCUT2D eigenvalue weighted by Gasteiger charge is -2.02. The van der Waals surface area contributed by atoms with Crippen molar-refractivity contribution in [2.45, 2.75) is 0 Å². The van der Waals surface area contributed by atoms with Gasteiger partial charge < -0.3 is 16.6 Å². The lowest BCUT2D eigenvalue weighted by Crippen LogP contribution is -2.04. The first-order valence-corrected chi connectivity index (χ1v) is 3.10. The molecule has 0 spiro atoms. The second-order valence-electron chi connectivity index (χ2n) is 2.27. The van der Waals surface area contributed by atoms with E-state index in [1.807, 2.05) is 0 Å². The smallest absolute Gasteiger partial charge is 0.338 e. The third-order valence-electron chi connectivity index (χ3n) is 1.40. The standard InChI is InChI=1S/C7H7FN2O2/c8-4-2-6(10)5(9)1-3(4)7(11)12/h1-2H,9-10H2,(H,11,12). The lowest BCUT2D eigenvalue weighted by molar-refractivity contribution is 0.0692. The van der Waals surface area contributed by atoms with Crippen molar-refractivity contribution in [2.75, 3.05) is 11.5 Å². The van der Waals surface area contributed by atoms with Gasteiger partial charge in [-0.05, 0) is 12.1 Å². The highest BCUT2D eigenvalue weighted by Crippen LogP contribution is 2.19. The zero-order valence-electron chi connectivity index (χ0n) is 6.04. The summed E-state index contributed by atoms with van der Waals surface area (Å²) in [7, 11) is 0. The van der Waals surface area contributed by atoms with Gasteiger partial charge in [0.15, 0.2) is 0 Å². The summed E-state index contributed by atoms with van der Waals surface area (Å²) in [5.74, 6) is -2.24. The lowest BCUT2D eigenvalue weighted by atomic mass is 10.1. The molecule has 0 saturated carbocycles. The molecule has 0 aromatic heterocycles. The zero-order valence-corrected chi connectivity index (χ0v) is 6.04. The second-order valence-corrected chi connectivity index (χ2v) is 2.27. The molecule has 1 aromatic carbocycles. The van der Waals surface area contributed by atoms with Crippen molar-refractivity contribution < 1.29 is 14.3 Å². The monoisotopic (exact) mass is 170 g/mol. The molecule has 5 heteroatoms. The van der Waals surface area contributed by atoms with Gasteiger partial charge >= 0.3 is 5.97 Å². The Balaban J connectivity index is 3.33. The van der Waals surface area contributed by atoms with Crippen molar-refractivity contribution in [3.8, 4) is 0 Å². The van der Waals surface area contributed by atoms with E-state index in [1.54, 1.807) is 0 Å². The summed E-state index contributed by atoms with van der Waals surface area (Å²) in [5, 5.41) is 8.44. The highest BCUT2D eigenvalue weighted by molar-refractivity contribution is 5.90. The molecule has 0 aliphatic rings. The Morgan fingerprint density at radius 2 is 1.83 bits per heavy atom. The molecule has 64 valence electrons. The number of carbonyl (C=O) groups is 1. The van der Waals surface area contributed by atoms with Gasteiger partial charge in [-0.3, -0.25) is 0 Å². The van der Waals surface area contributed by atoms with E-state index in [0.717, 1.165) is 12.1 Å². The first kappa shape index (κ1) is 8.32. The van der Waals surface area contributed by atoms with Gasteiger partial charge in [0.25, 0.3) is 0 Å². The minimum atomic E-state index is -1.36. The molecular weight excluding hydrogens is 163 g/mol. The fourth-order valence-corrected chi connectivity index (χ4v) is 0.769. The van der Waals surface area contributed by atoms with Crippen molar-refractivity contribution in [3.63, 3.8) is 0 Å². The Kier molecular flexibility index (Phi) is 1.86. The normalized spacial score (nSPS) is 9.75. The molecule has 0 saturated heterocycles. The minimum Gasteiger partial charge on any atom is -0.478 e. The van der Waals surface area contributed by atoms with E-state index in [9.17, 15) is 9.18 Å². The fraction of sp³-hybridized carbons (Fsp3) is 0. The number of hydrogen-bond donors (Lipinski definition) is 3.